The molecule has 0 radical (unpaired) electrons. The Morgan fingerprint density at radius 2 is 2.13 bits per heavy atom. The maximum atomic E-state index is 13.4. The molecule has 1 aromatic carbocycles. The summed E-state index contributed by atoms with van der Waals surface area (Å²) < 4.78 is 19.0. The minimum atomic E-state index is -0.196. The van der Waals surface area contributed by atoms with E-state index in [0.717, 1.165) is 12.8 Å². The highest BCUT2D eigenvalue weighted by molar-refractivity contribution is 9.09. The Bertz CT molecular complexity index is 291. The molecule has 0 aliphatic rings. The Labute approximate surface area is 98.8 Å². The summed E-state index contributed by atoms with van der Waals surface area (Å²) in [7, 11) is 0. The molecule has 0 heterocycles. The Morgan fingerprint density at radius 3 is 2.73 bits per heavy atom. The van der Waals surface area contributed by atoms with Crippen molar-refractivity contribution in [3.8, 4) is 0 Å². The first kappa shape index (κ1) is 12.7. The van der Waals surface area contributed by atoms with Gasteiger partial charge < -0.3 is 4.74 Å². The predicted octanol–water partition coefficient (Wildman–Crippen LogP) is 4.08. The highest BCUT2D eigenvalue weighted by Gasteiger charge is 2.13. The van der Waals surface area contributed by atoms with Crippen LogP contribution < -0.4 is 0 Å². The molecule has 15 heavy (non-hydrogen) atoms. The van der Waals surface area contributed by atoms with Crippen molar-refractivity contribution in [2.45, 2.75) is 25.9 Å². The van der Waals surface area contributed by atoms with Crippen LogP contribution in [-0.4, -0.2) is 11.9 Å². The molecule has 0 saturated heterocycles. The first-order valence-corrected chi connectivity index (χ1v) is 6.33. The smallest absolute Gasteiger partial charge is 0.129 e. The molecule has 3 heteroatoms. The lowest BCUT2D eigenvalue weighted by Crippen LogP contribution is -2.08. The van der Waals surface area contributed by atoms with Gasteiger partial charge in [0.1, 0.15) is 5.82 Å². The van der Waals surface area contributed by atoms with Crippen molar-refractivity contribution in [3.63, 3.8) is 0 Å². The second-order valence-corrected chi connectivity index (χ2v) is 4.04. The molecule has 0 amide bonds. The van der Waals surface area contributed by atoms with Crippen molar-refractivity contribution in [3.05, 3.63) is 35.6 Å². The van der Waals surface area contributed by atoms with Gasteiger partial charge >= 0.3 is 0 Å². The van der Waals surface area contributed by atoms with Gasteiger partial charge in [-0.3, -0.25) is 0 Å². The molecule has 0 N–H and O–H groups in total. The molecule has 1 nitrogen and oxygen atoms in total. The van der Waals surface area contributed by atoms with Gasteiger partial charge in [0.05, 0.1) is 6.10 Å². The molecular formula is C12H16BrFO. The molecule has 0 aliphatic carbocycles. The zero-order valence-electron chi connectivity index (χ0n) is 8.88. The molecule has 0 bridgehead atoms. The van der Waals surface area contributed by atoms with E-state index >= 15 is 0 Å². The summed E-state index contributed by atoms with van der Waals surface area (Å²) in [5.74, 6) is -0.196. The van der Waals surface area contributed by atoms with E-state index in [1.165, 1.54) is 6.07 Å². The highest BCUT2D eigenvalue weighted by Crippen LogP contribution is 2.22. The van der Waals surface area contributed by atoms with Gasteiger partial charge in [-0.15, -0.1) is 0 Å². The van der Waals surface area contributed by atoms with E-state index in [2.05, 4.69) is 22.9 Å². The zero-order chi connectivity index (χ0) is 11.1. The minimum absolute atomic E-state index is 0.183. The van der Waals surface area contributed by atoms with Gasteiger partial charge in [-0.25, -0.2) is 4.39 Å². The highest BCUT2D eigenvalue weighted by atomic mass is 79.9. The first-order chi connectivity index (χ1) is 7.29. The van der Waals surface area contributed by atoms with Crippen LogP contribution in [0.15, 0.2) is 24.3 Å². The van der Waals surface area contributed by atoms with Gasteiger partial charge in [0.2, 0.25) is 0 Å². The van der Waals surface area contributed by atoms with Crippen molar-refractivity contribution in [1.29, 1.82) is 0 Å². The third kappa shape index (κ3) is 3.92. The number of hydrogen-bond donors (Lipinski definition) is 0. The quantitative estimate of drug-likeness (QED) is 0.561. The summed E-state index contributed by atoms with van der Waals surface area (Å²) in [6, 6.07) is 6.76. The fourth-order valence-electron chi connectivity index (χ4n) is 1.32. The molecule has 1 unspecified atom stereocenters. The molecule has 0 aliphatic heterocycles. The first-order valence-electron chi connectivity index (χ1n) is 5.21. The summed E-state index contributed by atoms with van der Waals surface area (Å²) in [6.07, 6.45) is 1.92. The van der Waals surface area contributed by atoms with Crippen LogP contribution in [0, 0.1) is 5.82 Å². The standard InChI is InChI=1S/C12H16BrFO/c1-2-3-8-15-12(9-13)10-6-4-5-7-11(10)14/h4-7,12H,2-3,8-9H2,1H3. The van der Waals surface area contributed by atoms with E-state index < -0.39 is 0 Å². The lowest BCUT2D eigenvalue weighted by atomic mass is 10.1. The van der Waals surface area contributed by atoms with Crippen LogP contribution in [-0.2, 0) is 4.74 Å². The number of rotatable bonds is 6. The maximum Gasteiger partial charge on any atom is 0.129 e. The second-order valence-electron chi connectivity index (χ2n) is 3.39. The maximum absolute atomic E-state index is 13.4. The van der Waals surface area contributed by atoms with Crippen LogP contribution in [0.2, 0.25) is 0 Å². The second kappa shape index (κ2) is 6.96. The normalized spacial score (nSPS) is 12.7. The van der Waals surface area contributed by atoms with Gasteiger partial charge in [-0.1, -0.05) is 47.5 Å². The number of alkyl halides is 1. The molecular weight excluding hydrogens is 259 g/mol. The SMILES string of the molecule is CCCCOC(CBr)c1ccccc1F. The van der Waals surface area contributed by atoms with Gasteiger partial charge in [-0.2, -0.15) is 0 Å². The van der Waals surface area contributed by atoms with Crippen LogP contribution in [0.4, 0.5) is 4.39 Å². The Morgan fingerprint density at radius 1 is 1.40 bits per heavy atom. The largest absolute Gasteiger partial charge is 0.373 e. The summed E-state index contributed by atoms with van der Waals surface area (Å²) >= 11 is 3.35. The van der Waals surface area contributed by atoms with E-state index in [4.69, 9.17) is 4.74 Å². The summed E-state index contributed by atoms with van der Waals surface area (Å²) in [5.41, 5.74) is 0.630. The predicted molar refractivity (Wildman–Crippen MR) is 63.8 cm³/mol. The van der Waals surface area contributed by atoms with Crippen molar-refractivity contribution in [1.82, 2.24) is 0 Å². The van der Waals surface area contributed by atoms with Crippen LogP contribution in [0.5, 0.6) is 0 Å². The third-order valence-corrected chi connectivity index (χ3v) is 2.80. The molecule has 1 rings (SSSR count). The molecule has 1 aromatic rings. The molecule has 0 saturated carbocycles. The van der Waals surface area contributed by atoms with Gasteiger partial charge in [0.25, 0.3) is 0 Å². The lowest BCUT2D eigenvalue weighted by molar-refractivity contribution is 0.0653. The number of halogens is 2. The van der Waals surface area contributed by atoms with E-state index in [1.807, 2.05) is 6.07 Å². The van der Waals surface area contributed by atoms with E-state index in [9.17, 15) is 4.39 Å². The fourth-order valence-corrected chi connectivity index (χ4v) is 1.86. The minimum Gasteiger partial charge on any atom is -0.373 e. The fraction of sp³-hybridized carbons (Fsp3) is 0.500. The van der Waals surface area contributed by atoms with Crippen molar-refractivity contribution >= 4 is 15.9 Å². The Hall–Kier alpha value is -0.410. The lowest BCUT2D eigenvalue weighted by Gasteiger charge is -2.16. The average molecular weight is 275 g/mol. The van der Waals surface area contributed by atoms with Crippen LogP contribution in [0.1, 0.15) is 31.4 Å². The van der Waals surface area contributed by atoms with E-state index in [-0.39, 0.29) is 11.9 Å². The summed E-state index contributed by atoms with van der Waals surface area (Å²) in [5, 5.41) is 0.623. The zero-order valence-corrected chi connectivity index (χ0v) is 10.5. The summed E-state index contributed by atoms with van der Waals surface area (Å²) in [6.45, 7) is 2.79. The topological polar surface area (TPSA) is 9.23 Å². The average Bonchev–Trinajstić information content (AvgIpc) is 2.26. The number of hydrogen-bond acceptors (Lipinski definition) is 1. The van der Waals surface area contributed by atoms with Gasteiger partial charge in [-0.05, 0) is 12.5 Å². The number of ether oxygens (including phenoxy) is 1. The monoisotopic (exact) mass is 274 g/mol. The molecule has 0 spiro atoms. The van der Waals surface area contributed by atoms with Crippen LogP contribution in [0.3, 0.4) is 0 Å². The van der Waals surface area contributed by atoms with E-state index in [1.54, 1.807) is 12.1 Å². The third-order valence-electron chi connectivity index (χ3n) is 2.21. The molecule has 0 fully saturated rings. The molecule has 0 aromatic heterocycles. The number of unbranched alkanes of at least 4 members (excludes halogenated alkanes) is 1. The number of benzene rings is 1. The van der Waals surface area contributed by atoms with Crippen LogP contribution in [0.25, 0.3) is 0 Å². The van der Waals surface area contributed by atoms with E-state index in [0.29, 0.717) is 17.5 Å². The van der Waals surface area contributed by atoms with Gasteiger partial charge in [0.15, 0.2) is 0 Å². The summed E-state index contributed by atoms with van der Waals surface area (Å²) in [4.78, 5) is 0. The van der Waals surface area contributed by atoms with Crippen LogP contribution >= 0.6 is 15.9 Å². The Kier molecular flexibility index (Phi) is 5.88. The molecule has 1 atom stereocenters. The van der Waals surface area contributed by atoms with Crippen molar-refractivity contribution in [2.24, 2.45) is 0 Å². The molecule has 84 valence electrons. The van der Waals surface area contributed by atoms with Gasteiger partial charge in [0, 0.05) is 17.5 Å². The van der Waals surface area contributed by atoms with Crippen molar-refractivity contribution in [2.75, 3.05) is 11.9 Å². The Balaban J connectivity index is 2.61. The van der Waals surface area contributed by atoms with Crippen molar-refractivity contribution < 1.29 is 9.13 Å².